The molecule has 18 heavy (non-hydrogen) atoms. The molecule has 94 valence electrons. The van der Waals surface area contributed by atoms with Crippen molar-refractivity contribution in [2.24, 2.45) is 0 Å². The fourth-order valence-corrected chi connectivity index (χ4v) is 2.59. The van der Waals surface area contributed by atoms with E-state index in [-0.39, 0.29) is 5.91 Å². The van der Waals surface area contributed by atoms with Gasteiger partial charge >= 0.3 is 0 Å². The quantitative estimate of drug-likeness (QED) is 0.887. The standard InChI is InChI=1S/C14H16N2OS/c1-10-7-8-18-13(10)9-16-14(17)11-5-3-4-6-12(11)15-2/h3-8,15H,9H2,1-2H3,(H,16,17). The molecule has 0 aliphatic carbocycles. The molecule has 0 aliphatic heterocycles. The van der Waals surface area contributed by atoms with Crippen LogP contribution in [0.15, 0.2) is 35.7 Å². The van der Waals surface area contributed by atoms with E-state index < -0.39 is 0 Å². The Morgan fingerprint density at radius 3 is 2.72 bits per heavy atom. The van der Waals surface area contributed by atoms with Crippen LogP contribution in [0.2, 0.25) is 0 Å². The van der Waals surface area contributed by atoms with E-state index in [9.17, 15) is 4.79 Å². The first kappa shape index (κ1) is 12.6. The Morgan fingerprint density at radius 1 is 1.28 bits per heavy atom. The Hall–Kier alpha value is -1.81. The summed E-state index contributed by atoms with van der Waals surface area (Å²) in [7, 11) is 1.82. The predicted octanol–water partition coefficient (Wildman–Crippen LogP) is 3.03. The highest BCUT2D eigenvalue weighted by Gasteiger charge is 2.10. The number of benzene rings is 1. The van der Waals surface area contributed by atoms with Gasteiger partial charge in [0.05, 0.1) is 12.1 Å². The molecule has 2 aromatic rings. The van der Waals surface area contributed by atoms with Crippen LogP contribution in [0.1, 0.15) is 20.8 Å². The zero-order valence-corrected chi connectivity index (χ0v) is 11.3. The largest absolute Gasteiger partial charge is 0.387 e. The lowest BCUT2D eigenvalue weighted by Crippen LogP contribution is -2.23. The lowest BCUT2D eigenvalue weighted by atomic mass is 10.1. The van der Waals surface area contributed by atoms with Gasteiger partial charge in [-0.05, 0) is 36.1 Å². The van der Waals surface area contributed by atoms with Gasteiger partial charge in [-0.15, -0.1) is 11.3 Å². The molecule has 0 saturated carbocycles. The number of anilines is 1. The number of nitrogens with one attached hydrogen (secondary N) is 2. The van der Waals surface area contributed by atoms with Crippen molar-refractivity contribution in [3.8, 4) is 0 Å². The molecule has 1 amide bonds. The van der Waals surface area contributed by atoms with Crippen LogP contribution in [0, 0.1) is 6.92 Å². The van der Waals surface area contributed by atoms with Crippen molar-refractivity contribution in [2.45, 2.75) is 13.5 Å². The van der Waals surface area contributed by atoms with Crippen molar-refractivity contribution in [3.63, 3.8) is 0 Å². The molecule has 0 saturated heterocycles. The highest BCUT2D eigenvalue weighted by atomic mass is 32.1. The average molecular weight is 260 g/mol. The van der Waals surface area contributed by atoms with Gasteiger partial charge in [-0.1, -0.05) is 12.1 Å². The Labute approximate surface area is 111 Å². The van der Waals surface area contributed by atoms with Crippen LogP contribution in [0.4, 0.5) is 5.69 Å². The molecular formula is C14H16N2OS. The Bertz CT molecular complexity index is 548. The lowest BCUT2D eigenvalue weighted by molar-refractivity contribution is 0.0952. The number of carbonyl (C=O) groups is 1. The first-order chi connectivity index (χ1) is 8.72. The van der Waals surface area contributed by atoms with Crippen LogP contribution in [-0.2, 0) is 6.54 Å². The van der Waals surface area contributed by atoms with Gasteiger partial charge in [-0.3, -0.25) is 4.79 Å². The Kier molecular flexibility index (Phi) is 3.99. The number of amides is 1. The predicted molar refractivity (Wildman–Crippen MR) is 76.2 cm³/mol. The minimum atomic E-state index is -0.0484. The van der Waals surface area contributed by atoms with E-state index >= 15 is 0 Å². The van der Waals surface area contributed by atoms with Gasteiger partial charge in [0.15, 0.2) is 0 Å². The summed E-state index contributed by atoms with van der Waals surface area (Å²) in [6.07, 6.45) is 0. The molecule has 0 unspecified atom stereocenters. The van der Waals surface area contributed by atoms with Crippen LogP contribution in [0.25, 0.3) is 0 Å². The van der Waals surface area contributed by atoms with Gasteiger partial charge in [0.1, 0.15) is 0 Å². The van der Waals surface area contributed by atoms with Gasteiger partial charge in [-0.25, -0.2) is 0 Å². The number of carbonyl (C=O) groups excluding carboxylic acids is 1. The summed E-state index contributed by atoms with van der Waals surface area (Å²) in [4.78, 5) is 13.3. The maximum Gasteiger partial charge on any atom is 0.253 e. The minimum absolute atomic E-state index is 0.0484. The number of hydrogen-bond acceptors (Lipinski definition) is 3. The molecule has 2 N–H and O–H groups in total. The van der Waals surface area contributed by atoms with Gasteiger partial charge in [0, 0.05) is 17.6 Å². The van der Waals surface area contributed by atoms with Crippen LogP contribution in [0.5, 0.6) is 0 Å². The number of rotatable bonds is 4. The maximum absolute atomic E-state index is 12.1. The van der Waals surface area contributed by atoms with Gasteiger partial charge in [0.25, 0.3) is 5.91 Å². The van der Waals surface area contributed by atoms with Crippen molar-refractivity contribution in [1.82, 2.24) is 5.32 Å². The van der Waals surface area contributed by atoms with Crippen molar-refractivity contribution in [3.05, 3.63) is 51.7 Å². The van der Waals surface area contributed by atoms with Crippen LogP contribution in [-0.4, -0.2) is 13.0 Å². The van der Waals surface area contributed by atoms with E-state index in [1.165, 1.54) is 10.4 Å². The molecule has 4 heteroatoms. The molecule has 1 aromatic carbocycles. The summed E-state index contributed by atoms with van der Waals surface area (Å²) in [5.74, 6) is -0.0484. The summed E-state index contributed by atoms with van der Waals surface area (Å²) in [5.41, 5.74) is 2.74. The molecule has 0 bridgehead atoms. The average Bonchev–Trinajstić information content (AvgIpc) is 2.81. The highest BCUT2D eigenvalue weighted by Crippen LogP contribution is 2.17. The van der Waals surface area contributed by atoms with Crippen molar-refractivity contribution < 1.29 is 4.79 Å². The fraction of sp³-hybridized carbons (Fsp3) is 0.214. The molecule has 0 spiro atoms. The van der Waals surface area contributed by atoms with E-state index in [4.69, 9.17) is 0 Å². The Morgan fingerprint density at radius 2 is 2.06 bits per heavy atom. The zero-order valence-electron chi connectivity index (χ0n) is 10.5. The second-order valence-electron chi connectivity index (χ2n) is 4.01. The number of thiophene rings is 1. The third-order valence-electron chi connectivity index (χ3n) is 2.82. The first-order valence-electron chi connectivity index (χ1n) is 5.80. The summed E-state index contributed by atoms with van der Waals surface area (Å²) in [6, 6.07) is 9.56. The van der Waals surface area contributed by atoms with E-state index in [2.05, 4.69) is 23.6 Å². The second-order valence-corrected chi connectivity index (χ2v) is 5.01. The van der Waals surface area contributed by atoms with E-state index in [0.29, 0.717) is 12.1 Å². The van der Waals surface area contributed by atoms with Crippen LogP contribution < -0.4 is 10.6 Å². The normalized spacial score (nSPS) is 10.1. The summed E-state index contributed by atoms with van der Waals surface area (Å²) in [5, 5.41) is 8.01. The summed E-state index contributed by atoms with van der Waals surface area (Å²) < 4.78 is 0. The number of hydrogen-bond donors (Lipinski definition) is 2. The van der Waals surface area contributed by atoms with E-state index in [1.54, 1.807) is 11.3 Å². The fourth-order valence-electron chi connectivity index (χ4n) is 1.74. The molecule has 1 heterocycles. The highest BCUT2D eigenvalue weighted by molar-refractivity contribution is 7.10. The lowest BCUT2D eigenvalue weighted by Gasteiger charge is -2.09. The van der Waals surface area contributed by atoms with E-state index in [1.807, 2.05) is 36.7 Å². The monoisotopic (exact) mass is 260 g/mol. The van der Waals surface area contributed by atoms with Crippen LogP contribution in [0.3, 0.4) is 0 Å². The molecule has 0 atom stereocenters. The SMILES string of the molecule is CNc1ccccc1C(=O)NCc1sccc1C. The van der Waals surface area contributed by atoms with Gasteiger partial charge in [-0.2, -0.15) is 0 Å². The van der Waals surface area contributed by atoms with Gasteiger partial charge < -0.3 is 10.6 Å². The second kappa shape index (κ2) is 5.69. The molecule has 0 fully saturated rings. The minimum Gasteiger partial charge on any atom is -0.387 e. The molecule has 2 rings (SSSR count). The third-order valence-corrected chi connectivity index (χ3v) is 3.84. The smallest absolute Gasteiger partial charge is 0.253 e. The molecule has 3 nitrogen and oxygen atoms in total. The maximum atomic E-state index is 12.1. The van der Waals surface area contributed by atoms with Crippen molar-refractivity contribution in [1.29, 1.82) is 0 Å². The van der Waals surface area contributed by atoms with E-state index in [0.717, 1.165) is 5.69 Å². The van der Waals surface area contributed by atoms with Gasteiger partial charge in [0.2, 0.25) is 0 Å². The molecule has 1 aromatic heterocycles. The summed E-state index contributed by atoms with van der Waals surface area (Å²) in [6.45, 7) is 2.64. The molecule has 0 radical (unpaired) electrons. The van der Waals surface area contributed by atoms with Crippen molar-refractivity contribution in [2.75, 3.05) is 12.4 Å². The topological polar surface area (TPSA) is 41.1 Å². The Balaban J connectivity index is 2.06. The third kappa shape index (κ3) is 2.71. The molecule has 0 aliphatic rings. The first-order valence-corrected chi connectivity index (χ1v) is 6.68. The number of para-hydroxylation sites is 1. The van der Waals surface area contributed by atoms with Crippen molar-refractivity contribution >= 4 is 22.9 Å². The number of aryl methyl sites for hydroxylation is 1. The van der Waals surface area contributed by atoms with Crippen LogP contribution >= 0.6 is 11.3 Å². The zero-order chi connectivity index (χ0) is 13.0. The molecular weight excluding hydrogens is 244 g/mol. The summed E-state index contributed by atoms with van der Waals surface area (Å²) >= 11 is 1.67.